The minimum Gasteiger partial charge on any atom is -0.461 e. The first-order valence-corrected chi connectivity index (χ1v) is 5.39. The molecular formula is C12H11N3O3. The lowest BCUT2D eigenvalue weighted by Crippen LogP contribution is -2.08. The third-order valence-corrected chi connectivity index (χ3v) is 2.22. The first-order valence-electron chi connectivity index (χ1n) is 5.39. The molecule has 0 aliphatic rings. The van der Waals surface area contributed by atoms with E-state index in [9.17, 15) is 9.59 Å². The summed E-state index contributed by atoms with van der Waals surface area (Å²) in [5.41, 5.74) is 0.177. The summed E-state index contributed by atoms with van der Waals surface area (Å²) in [5.74, 6) is -0.0922. The predicted octanol–water partition coefficient (Wildman–Crippen LogP) is 1.26. The summed E-state index contributed by atoms with van der Waals surface area (Å²) in [7, 11) is 0. The van der Waals surface area contributed by atoms with Gasteiger partial charge >= 0.3 is 5.97 Å². The lowest BCUT2D eigenvalue weighted by molar-refractivity contribution is 0.0517. The fourth-order valence-electron chi connectivity index (χ4n) is 1.44. The molecule has 2 aromatic heterocycles. The van der Waals surface area contributed by atoms with Crippen LogP contribution >= 0.6 is 0 Å². The van der Waals surface area contributed by atoms with E-state index in [1.54, 1.807) is 31.3 Å². The molecule has 0 amide bonds. The highest BCUT2D eigenvalue weighted by atomic mass is 16.5. The van der Waals surface area contributed by atoms with Crippen LogP contribution in [0.1, 0.15) is 27.8 Å². The van der Waals surface area contributed by atoms with Crippen molar-refractivity contribution in [3.63, 3.8) is 0 Å². The Kier molecular flexibility index (Phi) is 3.47. The van der Waals surface area contributed by atoms with Crippen molar-refractivity contribution in [1.82, 2.24) is 14.8 Å². The molecule has 2 heterocycles. The average Bonchev–Trinajstić information content (AvgIpc) is 2.84. The number of aromatic nitrogens is 3. The smallest absolute Gasteiger partial charge is 0.359 e. The van der Waals surface area contributed by atoms with Crippen LogP contribution in [0, 0.1) is 0 Å². The van der Waals surface area contributed by atoms with E-state index in [1.807, 2.05) is 0 Å². The van der Waals surface area contributed by atoms with Gasteiger partial charge in [-0.05, 0) is 19.1 Å². The maximum atomic E-state index is 11.6. The van der Waals surface area contributed by atoms with Crippen LogP contribution in [-0.2, 0) is 4.74 Å². The number of nitrogens with zero attached hydrogens (tertiary/aromatic N) is 3. The lowest BCUT2D eigenvalue weighted by atomic mass is 10.3. The summed E-state index contributed by atoms with van der Waals surface area (Å²) in [6.45, 7) is 1.92. The van der Waals surface area contributed by atoms with E-state index in [-0.39, 0.29) is 17.9 Å². The Morgan fingerprint density at radius 2 is 2.33 bits per heavy atom. The van der Waals surface area contributed by atoms with Crippen molar-refractivity contribution in [3.8, 4) is 5.82 Å². The van der Waals surface area contributed by atoms with Gasteiger partial charge in [-0.3, -0.25) is 4.79 Å². The second-order valence-corrected chi connectivity index (χ2v) is 3.40. The third-order valence-electron chi connectivity index (χ3n) is 2.22. The lowest BCUT2D eigenvalue weighted by Gasteiger charge is -1.99. The summed E-state index contributed by atoms with van der Waals surface area (Å²) >= 11 is 0. The molecule has 18 heavy (non-hydrogen) atoms. The van der Waals surface area contributed by atoms with Gasteiger partial charge in [-0.25, -0.2) is 14.5 Å². The van der Waals surface area contributed by atoms with Gasteiger partial charge in [-0.15, -0.1) is 0 Å². The molecule has 0 spiro atoms. The van der Waals surface area contributed by atoms with Gasteiger partial charge in [-0.2, -0.15) is 5.10 Å². The van der Waals surface area contributed by atoms with Crippen molar-refractivity contribution in [2.75, 3.05) is 6.61 Å². The number of carbonyl (C=O) groups excluding carboxylic acids is 2. The van der Waals surface area contributed by atoms with E-state index in [4.69, 9.17) is 4.74 Å². The van der Waals surface area contributed by atoms with Crippen LogP contribution in [-0.4, -0.2) is 33.6 Å². The van der Waals surface area contributed by atoms with Crippen LogP contribution in [0.25, 0.3) is 5.82 Å². The second kappa shape index (κ2) is 5.22. The Hall–Kier alpha value is -2.50. The molecule has 0 atom stereocenters. The van der Waals surface area contributed by atoms with Gasteiger partial charge in [0.15, 0.2) is 17.8 Å². The molecule has 6 heteroatoms. The van der Waals surface area contributed by atoms with Gasteiger partial charge in [0.1, 0.15) is 0 Å². The molecule has 0 saturated heterocycles. The zero-order valence-corrected chi connectivity index (χ0v) is 9.74. The number of ether oxygens (including phenoxy) is 1. The van der Waals surface area contributed by atoms with Crippen molar-refractivity contribution in [2.24, 2.45) is 0 Å². The van der Waals surface area contributed by atoms with Crippen LogP contribution in [0.2, 0.25) is 0 Å². The highest BCUT2D eigenvalue weighted by Gasteiger charge is 2.18. The van der Waals surface area contributed by atoms with Crippen LogP contribution in [0.15, 0.2) is 30.6 Å². The molecule has 0 unspecified atom stereocenters. The molecule has 0 N–H and O–H groups in total. The molecule has 0 radical (unpaired) electrons. The summed E-state index contributed by atoms with van der Waals surface area (Å²) in [6.07, 6.45) is 3.61. The van der Waals surface area contributed by atoms with Crippen molar-refractivity contribution in [3.05, 3.63) is 41.9 Å². The summed E-state index contributed by atoms with van der Waals surface area (Å²) < 4.78 is 6.20. The normalized spacial score (nSPS) is 10.1. The molecule has 0 fully saturated rings. The number of aldehydes is 1. The van der Waals surface area contributed by atoms with Crippen molar-refractivity contribution in [2.45, 2.75) is 6.92 Å². The monoisotopic (exact) mass is 245 g/mol. The summed E-state index contributed by atoms with van der Waals surface area (Å²) in [6, 6.07) is 5.27. The number of esters is 1. The molecule has 2 aromatic rings. The SMILES string of the molecule is CCOC(=O)c1nn(-c2ccccn2)cc1C=O. The standard InChI is InChI=1S/C12H11N3O3/c1-2-18-12(17)11-9(8-16)7-15(14-11)10-5-3-4-6-13-10/h3-8H,2H2,1H3. The minimum atomic E-state index is -0.616. The van der Waals surface area contributed by atoms with Crippen LogP contribution in [0.5, 0.6) is 0 Å². The first kappa shape index (κ1) is 12.0. The zero-order chi connectivity index (χ0) is 13.0. The van der Waals surface area contributed by atoms with Crippen LogP contribution in [0.4, 0.5) is 0 Å². The second-order valence-electron chi connectivity index (χ2n) is 3.40. The van der Waals surface area contributed by atoms with Gasteiger partial charge in [0.25, 0.3) is 0 Å². The topological polar surface area (TPSA) is 74.1 Å². The van der Waals surface area contributed by atoms with Gasteiger partial charge in [0.05, 0.1) is 12.2 Å². The number of hydrogen-bond donors (Lipinski definition) is 0. The van der Waals surface area contributed by atoms with E-state index < -0.39 is 5.97 Å². The predicted molar refractivity (Wildman–Crippen MR) is 62.7 cm³/mol. The zero-order valence-electron chi connectivity index (χ0n) is 9.74. The first-order chi connectivity index (χ1) is 8.76. The van der Waals surface area contributed by atoms with Crippen molar-refractivity contribution >= 4 is 12.3 Å². The van der Waals surface area contributed by atoms with Crippen LogP contribution < -0.4 is 0 Å². The quantitative estimate of drug-likeness (QED) is 0.598. The van der Waals surface area contributed by atoms with E-state index in [1.165, 1.54) is 10.9 Å². The molecule has 0 aromatic carbocycles. The number of rotatable bonds is 4. The average molecular weight is 245 g/mol. The minimum absolute atomic E-state index is 0.00231. The Bertz CT molecular complexity index is 563. The Morgan fingerprint density at radius 1 is 1.50 bits per heavy atom. The van der Waals surface area contributed by atoms with E-state index in [0.717, 1.165) is 0 Å². The molecule has 92 valence electrons. The molecule has 0 aliphatic carbocycles. The molecule has 0 saturated carbocycles. The van der Waals surface area contributed by atoms with E-state index in [2.05, 4.69) is 10.1 Å². The molecule has 0 aliphatic heterocycles. The Morgan fingerprint density at radius 3 is 2.94 bits per heavy atom. The number of pyridine rings is 1. The molecular weight excluding hydrogens is 234 g/mol. The van der Waals surface area contributed by atoms with E-state index in [0.29, 0.717) is 12.1 Å². The fourth-order valence-corrected chi connectivity index (χ4v) is 1.44. The van der Waals surface area contributed by atoms with Gasteiger partial charge in [0, 0.05) is 12.4 Å². The summed E-state index contributed by atoms with van der Waals surface area (Å²) in [4.78, 5) is 26.6. The van der Waals surface area contributed by atoms with Gasteiger partial charge in [0.2, 0.25) is 0 Å². The largest absolute Gasteiger partial charge is 0.461 e. The highest BCUT2D eigenvalue weighted by molar-refractivity contribution is 5.96. The van der Waals surface area contributed by atoms with Crippen LogP contribution in [0.3, 0.4) is 0 Å². The van der Waals surface area contributed by atoms with Gasteiger partial charge < -0.3 is 4.74 Å². The Balaban J connectivity index is 2.41. The van der Waals surface area contributed by atoms with Crippen molar-refractivity contribution in [1.29, 1.82) is 0 Å². The van der Waals surface area contributed by atoms with E-state index >= 15 is 0 Å². The Labute approximate surface area is 103 Å². The highest BCUT2D eigenvalue weighted by Crippen LogP contribution is 2.10. The van der Waals surface area contributed by atoms with Gasteiger partial charge in [-0.1, -0.05) is 6.07 Å². The third kappa shape index (κ3) is 2.27. The molecule has 6 nitrogen and oxygen atoms in total. The fraction of sp³-hybridized carbons (Fsp3) is 0.167. The maximum absolute atomic E-state index is 11.6. The maximum Gasteiger partial charge on any atom is 0.359 e. The summed E-state index contributed by atoms with van der Waals surface area (Å²) in [5, 5.41) is 4.02. The number of hydrogen-bond acceptors (Lipinski definition) is 5. The molecule has 2 rings (SSSR count). The van der Waals surface area contributed by atoms with Crippen molar-refractivity contribution < 1.29 is 14.3 Å². The molecule has 0 bridgehead atoms. The number of carbonyl (C=O) groups is 2.